The molecule has 0 spiro atoms. The van der Waals surface area contributed by atoms with Crippen molar-refractivity contribution in [1.29, 1.82) is 0 Å². The molecule has 1 unspecified atom stereocenters. The van der Waals surface area contributed by atoms with Gasteiger partial charge in [-0.1, -0.05) is 6.07 Å². The standard InChI is InChI=1S/C16H18N4O2/c21-16(10-13-4-1-7-17-11-13)20-9-3-5-14(12-20)22-15-6-2-8-18-19-15/h1-2,4,6-8,11,14H,3,5,9-10,12H2. The highest BCUT2D eigenvalue weighted by atomic mass is 16.5. The number of pyridine rings is 1. The molecule has 2 aromatic heterocycles. The van der Waals surface area contributed by atoms with Gasteiger partial charge in [0.1, 0.15) is 6.10 Å². The zero-order chi connectivity index (χ0) is 15.2. The van der Waals surface area contributed by atoms with Gasteiger partial charge in [-0.2, -0.15) is 5.10 Å². The van der Waals surface area contributed by atoms with Crippen LogP contribution in [-0.4, -0.2) is 45.2 Å². The van der Waals surface area contributed by atoms with Crippen molar-refractivity contribution < 1.29 is 9.53 Å². The Kier molecular flexibility index (Phi) is 4.58. The maximum Gasteiger partial charge on any atom is 0.233 e. The first-order valence-electron chi connectivity index (χ1n) is 7.42. The number of ether oxygens (including phenoxy) is 1. The topological polar surface area (TPSA) is 68.2 Å². The summed E-state index contributed by atoms with van der Waals surface area (Å²) in [5.74, 6) is 0.620. The molecule has 6 nitrogen and oxygen atoms in total. The maximum absolute atomic E-state index is 12.4. The maximum atomic E-state index is 12.4. The third kappa shape index (κ3) is 3.78. The van der Waals surface area contributed by atoms with Crippen LogP contribution in [0.3, 0.4) is 0 Å². The summed E-state index contributed by atoms with van der Waals surface area (Å²) in [7, 11) is 0. The molecule has 0 saturated carbocycles. The van der Waals surface area contributed by atoms with E-state index in [9.17, 15) is 4.79 Å². The number of likely N-dealkylation sites (tertiary alicyclic amines) is 1. The van der Waals surface area contributed by atoms with Crippen LogP contribution in [0.1, 0.15) is 18.4 Å². The second-order valence-corrected chi connectivity index (χ2v) is 5.32. The molecule has 2 aromatic rings. The number of carbonyl (C=O) groups is 1. The van der Waals surface area contributed by atoms with Crippen molar-refractivity contribution in [3.05, 3.63) is 48.4 Å². The van der Waals surface area contributed by atoms with Crippen molar-refractivity contribution in [2.75, 3.05) is 13.1 Å². The van der Waals surface area contributed by atoms with Crippen molar-refractivity contribution in [1.82, 2.24) is 20.1 Å². The summed E-state index contributed by atoms with van der Waals surface area (Å²) in [6.07, 6.45) is 7.26. The minimum atomic E-state index is -0.0247. The highest BCUT2D eigenvalue weighted by molar-refractivity contribution is 5.78. The predicted octanol–water partition coefficient (Wildman–Crippen LogP) is 1.48. The van der Waals surface area contributed by atoms with Crippen molar-refractivity contribution in [2.45, 2.75) is 25.4 Å². The van der Waals surface area contributed by atoms with Crippen LogP contribution >= 0.6 is 0 Å². The molecule has 3 rings (SSSR count). The van der Waals surface area contributed by atoms with Crippen molar-refractivity contribution in [3.63, 3.8) is 0 Å². The fraction of sp³-hybridized carbons (Fsp3) is 0.375. The third-order valence-electron chi connectivity index (χ3n) is 3.64. The lowest BCUT2D eigenvalue weighted by atomic mass is 10.1. The minimum Gasteiger partial charge on any atom is -0.471 e. The smallest absolute Gasteiger partial charge is 0.233 e. The van der Waals surface area contributed by atoms with Gasteiger partial charge in [-0.15, -0.1) is 5.10 Å². The number of hydrogen-bond acceptors (Lipinski definition) is 5. The first-order valence-corrected chi connectivity index (χ1v) is 7.42. The summed E-state index contributed by atoms with van der Waals surface area (Å²) in [6, 6.07) is 7.33. The van der Waals surface area contributed by atoms with Gasteiger partial charge in [0.2, 0.25) is 11.8 Å². The van der Waals surface area contributed by atoms with Gasteiger partial charge in [0, 0.05) is 31.2 Å². The van der Waals surface area contributed by atoms with Crippen LogP contribution in [0.15, 0.2) is 42.9 Å². The molecule has 0 aliphatic carbocycles. The lowest BCUT2D eigenvalue weighted by Crippen LogP contribution is -2.45. The number of rotatable bonds is 4. The summed E-state index contributed by atoms with van der Waals surface area (Å²) in [4.78, 5) is 18.3. The molecule has 0 radical (unpaired) electrons. The second kappa shape index (κ2) is 6.98. The largest absolute Gasteiger partial charge is 0.471 e. The number of piperidine rings is 1. The molecule has 0 N–H and O–H groups in total. The first-order chi connectivity index (χ1) is 10.8. The van der Waals surface area contributed by atoms with Crippen LogP contribution < -0.4 is 4.74 Å². The molecule has 1 aliphatic heterocycles. The Bertz CT molecular complexity index is 606. The highest BCUT2D eigenvalue weighted by Crippen LogP contribution is 2.17. The van der Waals surface area contributed by atoms with Gasteiger partial charge in [-0.25, -0.2) is 0 Å². The van der Waals surface area contributed by atoms with Crippen molar-refractivity contribution in [3.8, 4) is 5.88 Å². The van der Waals surface area contributed by atoms with Crippen LogP contribution in [0.5, 0.6) is 5.88 Å². The van der Waals surface area contributed by atoms with Gasteiger partial charge in [0.05, 0.1) is 13.0 Å². The SMILES string of the molecule is O=C(Cc1cccnc1)N1CCCC(Oc2cccnn2)C1. The van der Waals surface area contributed by atoms with Gasteiger partial charge in [0.15, 0.2) is 0 Å². The molecular weight excluding hydrogens is 280 g/mol. The Hall–Kier alpha value is -2.50. The van der Waals surface area contributed by atoms with E-state index >= 15 is 0 Å². The summed E-state index contributed by atoms with van der Waals surface area (Å²) < 4.78 is 5.81. The quantitative estimate of drug-likeness (QED) is 0.855. The van der Waals surface area contributed by atoms with E-state index in [1.807, 2.05) is 17.0 Å². The average Bonchev–Trinajstić information content (AvgIpc) is 2.57. The highest BCUT2D eigenvalue weighted by Gasteiger charge is 2.25. The van der Waals surface area contributed by atoms with Gasteiger partial charge >= 0.3 is 0 Å². The van der Waals surface area contributed by atoms with Crippen molar-refractivity contribution >= 4 is 5.91 Å². The molecule has 0 bridgehead atoms. The van der Waals surface area contributed by atoms with E-state index in [0.29, 0.717) is 18.8 Å². The van der Waals surface area contributed by atoms with E-state index in [1.54, 1.807) is 30.7 Å². The van der Waals surface area contributed by atoms with E-state index in [0.717, 1.165) is 24.9 Å². The predicted molar refractivity (Wildman–Crippen MR) is 80.2 cm³/mol. The van der Waals surface area contributed by atoms with Crippen LogP contribution in [0.25, 0.3) is 0 Å². The average molecular weight is 298 g/mol. The number of amides is 1. The summed E-state index contributed by atoms with van der Waals surface area (Å²) in [5, 5.41) is 7.72. The van der Waals surface area contributed by atoms with Gasteiger partial charge in [-0.3, -0.25) is 9.78 Å². The summed E-state index contributed by atoms with van der Waals surface area (Å²) in [6.45, 7) is 1.37. The second-order valence-electron chi connectivity index (χ2n) is 5.32. The minimum absolute atomic E-state index is 0.0247. The lowest BCUT2D eigenvalue weighted by molar-refractivity contribution is -0.133. The molecule has 1 fully saturated rings. The van der Waals surface area contributed by atoms with Gasteiger partial charge < -0.3 is 9.64 Å². The Balaban J connectivity index is 1.57. The van der Waals surface area contributed by atoms with E-state index in [-0.39, 0.29) is 12.0 Å². The van der Waals surface area contributed by atoms with Crippen LogP contribution in [-0.2, 0) is 11.2 Å². The monoisotopic (exact) mass is 298 g/mol. The van der Waals surface area contributed by atoms with E-state index in [4.69, 9.17) is 4.74 Å². The lowest BCUT2D eigenvalue weighted by Gasteiger charge is -2.32. The molecule has 1 aliphatic rings. The summed E-state index contributed by atoms with van der Waals surface area (Å²) in [5.41, 5.74) is 0.935. The first kappa shape index (κ1) is 14.4. The zero-order valence-corrected chi connectivity index (χ0v) is 12.3. The molecule has 114 valence electrons. The molecule has 0 aromatic carbocycles. The van der Waals surface area contributed by atoms with Gasteiger partial charge in [-0.05, 0) is 30.5 Å². The molecule has 1 amide bonds. The summed E-state index contributed by atoms with van der Waals surface area (Å²) >= 11 is 0. The van der Waals surface area contributed by atoms with Crippen molar-refractivity contribution in [2.24, 2.45) is 0 Å². The fourth-order valence-electron chi connectivity index (χ4n) is 2.57. The zero-order valence-electron chi connectivity index (χ0n) is 12.3. The van der Waals surface area contributed by atoms with Crippen LogP contribution in [0.2, 0.25) is 0 Å². The van der Waals surface area contributed by atoms with E-state index < -0.39 is 0 Å². The Morgan fingerprint density at radius 3 is 3.00 bits per heavy atom. The molecule has 6 heteroatoms. The fourth-order valence-corrected chi connectivity index (χ4v) is 2.57. The molecule has 3 heterocycles. The third-order valence-corrected chi connectivity index (χ3v) is 3.64. The molecule has 1 atom stereocenters. The van der Waals surface area contributed by atoms with E-state index in [2.05, 4.69) is 15.2 Å². The van der Waals surface area contributed by atoms with Crippen LogP contribution in [0, 0.1) is 0 Å². The van der Waals surface area contributed by atoms with Gasteiger partial charge in [0.25, 0.3) is 0 Å². The van der Waals surface area contributed by atoms with Crippen LogP contribution in [0.4, 0.5) is 0 Å². The van der Waals surface area contributed by atoms with E-state index in [1.165, 1.54) is 0 Å². The number of hydrogen-bond donors (Lipinski definition) is 0. The number of carbonyl (C=O) groups excluding carboxylic acids is 1. The normalized spacial score (nSPS) is 18.0. The Morgan fingerprint density at radius 1 is 1.32 bits per heavy atom. The molecular formula is C16H18N4O2. The molecule has 1 saturated heterocycles. The Morgan fingerprint density at radius 2 is 2.23 bits per heavy atom. The number of aromatic nitrogens is 3. The Labute approximate surface area is 129 Å². The number of nitrogens with zero attached hydrogens (tertiary/aromatic N) is 4. The molecule has 22 heavy (non-hydrogen) atoms.